The topological polar surface area (TPSA) is 80.3 Å². The largest absolute Gasteiger partial charge is 0.368 e. The third-order valence-electron chi connectivity index (χ3n) is 4.38. The molecule has 1 aliphatic heterocycles. The molecule has 0 unspecified atom stereocenters. The second kappa shape index (κ2) is 10.4. The summed E-state index contributed by atoms with van der Waals surface area (Å²) < 4.78 is 0. The van der Waals surface area contributed by atoms with E-state index in [-0.39, 0.29) is 24.9 Å². The zero-order valence-electron chi connectivity index (χ0n) is 16.4. The van der Waals surface area contributed by atoms with Gasteiger partial charge in [-0.1, -0.05) is 18.2 Å². The number of benzene rings is 1. The molecule has 8 heteroatoms. The number of guanidine groups is 1. The van der Waals surface area contributed by atoms with Crippen LogP contribution in [0.2, 0.25) is 0 Å². The van der Waals surface area contributed by atoms with Gasteiger partial charge in [0.25, 0.3) is 0 Å². The van der Waals surface area contributed by atoms with Gasteiger partial charge in [-0.15, -0.1) is 0 Å². The first kappa shape index (κ1) is 20.5. The quantitative estimate of drug-likeness (QED) is 0.540. The van der Waals surface area contributed by atoms with E-state index in [1.54, 1.807) is 14.1 Å². The number of likely N-dealkylation sites (N-methyl/N-ethyl adjacent to an activating group) is 1. The van der Waals surface area contributed by atoms with Crippen LogP contribution in [-0.2, 0) is 9.59 Å². The Hall–Kier alpha value is -2.77. The van der Waals surface area contributed by atoms with Crippen molar-refractivity contribution >= 4 is 23.5 Å². The van der Waals surface area contributed by atoms with Crippen molar-refractivity contribution in [3.8, 4) is 0 Å². The van der Waals surface area contributed by atoms with E-state index in [1.165, 1.54) is 10.6 Å². The van der Waals surface area contributed by atoms with E-state index in [0.29, 0.717) is 25.6 Å². The fourth-order valence-electron chi connectivity index (χ4n) is 2.76. The van der Waals surface area contributed by atoms with Gasteiger partial charge in [-0.05, 0) is 19.1 Å². The summed E-state index contributed by atoms with van der Waals surface area (Å²) in [5.74, 6) is 0.423. The molecule has 27 heavy (non-hydrogen) atoms. The van der Waals surface area contributed by atoms with Crippen molar-refractivity contribution < 1.29 is 9.59 Å². The summed E-state index contributed by atoms with van der Waals surface area (Å²) in [5.41, 5.74) is 1.19. The lowest BCUT2D eigenvalue weighted by atomic mass is 10.2. The first-order chi connectivity index (χ1) is 13.0. The van der Waals surface area contributed by atoms with Crippen LogP contribution in [0.15, 0.2) is 35.3 Å². The van der Waals surface area contributed by atoms with E-state index in [1.807, 2.05) is 30.0 Å². The normalized spacial score (nSPS) is 14.7. The van der Waals surface area contributed by atoms with E-state index in [9.17, 15) is 9.59 Å². The van der Waals surface area contributed by atoms with Crippen LogP contribution in [0.3, 0.4) is 0 Å². The van der Waals surface area contributed by atoms with Crippen LogP contribution in [0.1, 0.15) is 6.92 Å². The monoisotopic (exact) mass is 374 g/mol. The standard InChI is InChI=1S/C19H30N6O2/c1-4-20-19(21-14-17(26)23(2)3)22-15-18(27)25-12-10-24(11-13-25)16-8-6-5-7-9-16/h5-9H,4,10-15H2,1-3H3,(H2,20,21,22). The Labute approximate surface area is 161 Å². The second-order valence-corrected chi connectivity index (χ2v) is 6.54. The number of amides is 2. The Balaban J connectivity index is 1.82. The van der Waals surface area contributed by atoms with Crippen molar-refractivity contribution in [2.45, 2.75) is 6.92 Å². The fraction of sp³-hybridized carbons (Fsp3) is 0.526. The Morgan fingerprint density at radius 3 is 2.33 bits per heavy atom. The van der Waals surface area contributed by atoms with Gasteiger partial charge in [0.1, 0.15) is 6.54 Å². The highest BCUT2D eigenvalue weighted by Gasteiger charge is 2.21. The highest BCUT2D eigenvalue weighted by Crippen LogP contribution is 2.15. The maximum absolute atomic E-state index is 12.5. The Morgan fingerprint density at radius 2 is 1.74 bits per heavy atom. The predicted octanol–water partition coefficient (Wildman–Crippen LogP) is -0.0215. The van der Waals surface area contributed by atoms with Crippen LogP contribution in [0, 0.1) is 0 Å². The van der Waals surface area contributed by atoms with Crippen LogP contribution >= 0.6 is 0 Å². The number of nitrogens with zero attached hydrogens (tertiary/aromatic N) is 4. The van der Waals surface area contributed by atoms with Gasteiger partial charge in [-0.2, -0.15) is 0 Å². The molecule has 1 aliphatic rings. The van der Waals surface area contributed by atoms with Gasteiger partial charge in [-0.25, -0.2) is 4.99 Å². The molecule has 2 rings (SSSR count). The Morgan fingerprint density at radius 1 is 1.07 bits per heavy atom. The molecular weight excluding hydrogens is 344 g/mol. The molecule has 0 radical (unpaired) electrons. The van der Waals surface area contributed by atoms with Crippen LogP contribution in [0.25, 0.3) is 0 Å². The number of carbonyl (C=O) groups excluding carboxylic acids is 2. The molecule has 1 aromatic rings. The molecular formula is C19H30N6O2. The molecule has 2 amide bonds. The van der Waals surface area contributed by atoms with Gasteiger partial charge in [0, 0.05) is 52.5 Å². The number of hydrogen-bond acceptors (Lipinski definition) is 4. The minimum atomic E-state index is -0.0519. The summed E-state index contributed by atoms with van der Waals surface area (Å²) in [6.07, 6.45) is 0. The van der Waals surface area contributed by atoms with Crippen LogP contribution in [0.4, 0.5) is 5.69 Å². The molecule has 0 atom stereocenters. The molecule has 0 spiro atoms. The van der Waals surface area contributed by atoms with E-state index < -0.39 is 0 Å². The average molecular weight is 374 g/mol. The molecule has 0 bridgehead atoms. The van der Waals surface area contributed by atoms with Crippen LogP contribution in [-0.4, -0.2) is 87.5 Å². The van der Waals surface area contributed by atoms with Gasteiger partial charge in [0.15, 0.2) is 5.96 Å². The summed E-state index contributed by atoms with van der Waals surface area (Å²) in [7, 11) is 3.40. The summed E-state index contributed by atoms with van der Waals surface area (Å²) >= 11 is 0. The van der Waals surface area contributed by atoms with E-state index in [0.717, 1.165) is 13.1 Å². The zero-order chi connectivity index (χ0) is 19.6. The number of para-hydroxylation sites is 1. The summed E-state index contributed by atoms with van der Waals surface area (Å²) in [5, 5.41) is 6.01. The summed E-state index contributed by atoms with van der Waals surface area (Å²) in [6, 6.07) is 10.2. The first-order valence-electron chi connectivity index (χ1n) is 9.31. The summed E-state index contributed by atoms with van der Waals surface area (Å²) in [4.78, 5) is 34.1. The Kier molecular flexibility index (Phi) is 7.91. The van der Waals surface area contributed by atoms with E-state index >= 15 is 0 Å². The SMILES string of the molecule is CCNC(=NCC(=O)N1CCN(c2ccccc2)CC1)NCC(=O)N(C)C. The molecule has 0 aromatic heterocycles. The molecule has 1 heterocycles. The molecule has 1 aromatic carbocycles. The van der Waals surface area contributed by atoms with Crippen molar-refractivity contribution in [2.24, 2.45) is 4.99 Å². The van der Waals surface area contributed by atoms with Crippen molar-refractivity contribution in [3.05, 3.63) is 30.3 Å². The number of aliphatic imine (C=N–C) groups is 1. The first-order valence-corrected chi connectivity index (χ1v) is 9.31. The van der Waals surface area contributed by atoms with Gasteiger partial charge in [-0.3, -0.25) is 9.59 Å². The number of nitrogens with one attached hydrogen (secondary N) is 2. The lowest BCUT2D eigenvalue weighted by molar-refractivity contribution is -0.130. The summed E-state index contributed by atoms with van der Waals surface area (Å²) in [6.45, 7) is 5.81. The maximum Gasteiger partial charge on any atom is 0.244 e. The minimum absolute atomic E-state index is 0.00106. The van der Waals surface area contributed by atoms with Gasteiger partial charge < -0.3 is 25.3 Å². The Bertz CT molecular complexity index is 639. The van der Waals surface area contributed by atoms with Crippen LogP contribution < -0.4 is 15.5 Å². The predicted molar refractivity (Wildman–Crippen MR) is 108 cm³/mol. The highest BCUT2D eigenvalue weighted by atomic mass is 16.2. The molecule has 1 saturated heterocycles. The number of piperazine rings is 1. The molecule has 148 valence electrons. The molecule has 2 N–H and O–H groups in total. The van der Waals surface area contributed by atoms with Crippen molar-refractivity contribution in [2.75, 3.05) is 64.8 Å². The van der Waals surface area contributed by atoms with Crippen molar-refractivity contribution in [1.29, 1.82) is 0 Å². The molecule has 8 nitrogen and oxygen atoms in total. The van der Waals surface area contributed by atoms with E-state index in [2.05, 4.69) is 32.7 Å². The zero-order valence-corrected chi connectivity index (χ0v) is 16.4. The lowest BCUT2D eigenvalue weighted by Crippen LogP contribution is -2.50. The second-order valence-electron chi connectivity index (χ2n) is 6.54. The van der Waals surface area contributed by atoms with Gasteiger partial charge in [0.05, 0.1) is 6.54 Å². The molecule has 1 fully saturated rings. The number of carbonyl (C=O) groups is 2. The molecule has 0 aliphatic carbocycles. The average Bonchev–Trinajstić information content (AvgIpc) is 2.70. The van der Waals surface area contributed by atoms with Crippen LogP contribution in [0.5, 0.6) is 0 Å². The van der Waals surface area contributed by atoms with Crippen molar-refractivity contribution in [3.63, 3.8) is 0 Å². The highest BCUT2D eigenvalue weighted by molar-refractivity contribution is 5.88. The fourth-order valence-corrected chi connectivity index (χ4v) is 2.76. The lowest BCUT2D eigenvalue weighted by Gasteiger charge is -2.36. The van der Waals surface area contributed by atoms with Gasteiger partial charge in [0.2, 0.25) is 11.8 Å². The third kappa shape index (κ3) is 6.47. The smallest absolute Gasteiger partial charge is 0.244 e. The van der Waals surface area contributed by atoms with Crippen molar-refractivity contribution in [1.82, 2.24) is 20.4 Å². The third-order valence-corrected chi connectivity index (χ3v) is 4.38. The number of rotatable bonds is 6. The maximum atomic E-state index is 12.5. The van der Waals surface area contributed by atoms with Gasteiger partial charge >= 0.3 is 0 Å². The molecule has 0 saturated carbocycles. The minimum Gasteiger partial charge on any atom is -0.368 e. The number of hydrogen-bond donors (Lipinski definition) is 2. The van der Waals surface area contributed by atoms with E-state index in [4.69, 9.17) is 0 Å². The number of anilines is 1.